The molecule has 1 unspecified atom stereocenters. The second kappa shape index (κ2) is 10.6. The van der Waals surface area contributed by atoms with Crippen LogP contribution in [0, 0.1) is 18.8 Å². The number of aryl methyl sites for hydroxylation is 1. The maximum Gasteiger partial charge on any atom is 0.307 e. The monoisotopic (exact) mass is 447 g/mol. The molecule has 0 spiro atoms. The van der Waals surface area contributed by atoms with Gasteiger partial charge in [0.05, 0.1) is 12.0 Å². The summed E-state index contributed by atoms with van der Waals surface area (Å²) in [7, 11) is 0. The minimum Gasteiger partial charge on any atom is -0.460 e. The summed E-state index contributed by atoms with van der Waals surface area (Å²) in [6.45, 7) is 7.29. The van der Waals surface area contributed by atoms with Crippen molar-refractivity contribution in [1.29, 1.82) is 0 Å². The van der Waals surface area contributed by atoms with Crippen molar-refractivity contribution in [2.75, 3.05) is 0 Å². The molecule has 0 radical (unpaired) electrons. The van der Waals surface area contributed by atoms with Crippen LogP contribution >= 0.6 is 0 Å². The fourth-order valence-corrected chi connectivity index (χ4v) is 4.52. The molecule has 2 aliphatic rings. The maximum absolute atomic E-state index is 12.6. The number of rotatable bonds is 8. The second-order valence-electron chi connectivity index (χ2n) is 10.1. The van der Waals surface area contributed by atoms with Crippen molar-refractivity contribution in [2.24, 2.45) is 16.8 Å². The van der Waals surface area contributed by atoms with E-state index < -0.39 is 11.8 Å². The standard InChI is InChI=1S/C24H37N3O5/c1-16-13-14-19(22(29)25-16)21-26-23(32-27(21)30)18(15-20(28)31-24(2,3)4)12-8-11-17-9-6-5-7-10-17/h13-14,17-18,21,30H,5-12,15H2,1-4H3,(H,25,29)/t18-,21?/m1/s1. The van der Waals surface area contributed by atoms with Gasteiger partial charge in [-0.05, 0) is 52.2 Å². The quantitative estimate of drug-likeness (QED) is 0.554. The van der Waals surface area contributed by atoms with Gasteiger partial charge in [-0.1, -0.05) is 44.9 Å². The third kappa shape index (κ3) is 6.90. The number of carbonyl (C=O) groups is 1. The highest BCUT2D eigenvalue weighted by Gasteiger charge is 2.36. The minimum absolute atomic E-state index is 0.117. The number of aromatic nitrogens is 1. The zero-order valence-corrected chi connectivity index (χ0v) is 19.7. The summed E-state index contributed by atoms with van der Waals surface area (Å²) in [5, 5.41) is 10.9. The van der Waals surface area contributed by atoms with Gasteiger partial charge in [-0.3, -0.25) is 14.8 Å². The first-order valence-corrected chi connectivity index (χ1v) is 11.8. The molecule has 2 N–H and O–H groups in total. The number of esters is 1. The number of aliphatic imine (C=N–C) groups is 1. The van der Waals surface area contributed by atoms with E-state index in [0.717, 1.165) is 24.5 Å². The Labute approximate surface area is 189 Å². The third-order valence-corrected chi connectivity index (χ3v) is 6.08. The van der Waals surface area contributed by atoms with Crippen LogP contribution in [-0.4, -0.2) is 32.9 Å². The Kier molecular flexibility index (Phi) is 8.11. The molecule has 0 saturated heterocycles. The Hall–Kier alpha value is -2.19. The molecule has 0 bridgehead atoms. The van der Waals surface area contributed by atoms with Crippen molar-refractivity contribution in [1.82, 2.24) is 10.2 Å². The van der Waals surface area contributed by atoms with Crippen molar-refractivity contribution in [3.8, 4) is 0 Å². The minimum atomic E-state index is -0.964. The van der Waals surface area contributed by atoms with Gasteiger partial charge >= 0.3 is 5.97 Å². The molecule has 1 aromatic rings. The van der Waals surface area contributed by atoms with Gasteiger partial charge in [0, 0.05) is 16.8 Å². The van der Waals surface area contributed by atoms with Crippen molar-refractivity contribution in [3.05, 3.63) is 33.7 Å². The lowest BCUT2D eigenvalue weighted by Gasteiger charge is -2.24. The molecule has 32 heavy (non-hydrogen) atoms. The van der Waals surface area contributed by atoms with E-state index in [1.165, 1.54) is 32.1 Å². The van der Waals surface area contributed by atoms with Crippen LogP contribution in [0.3, 0.4) is 0 Å². The number of H-pyrrole nitrogens is 1. The Morgan fingerprint density at radius 2 is 2.03 bits per heavy atom. The van der Waals surface area contributed by atoms with Gasteiger partial charge in [-0.15, -0.1) is 0 Å². The molecule has 2 heterocycles. The first-order valence-electron chi connectivity index (χ1n) is 11.8. The van der Waals surface area contributed by atoms with Crippen LogP contribution in [0.15, 0.2) is 21.9 Å². The van der Waals surface area contributed by atoms with Gasteiger partial charge in [0.2, 0.25) is 5.90 Å². The van der Waals surface area contributed by atoms with E-state index in [1.807, 2.05) is 20.8 Å². The number of nitrogens with zero attached hydrogens (tertiary/aromatic N) is 2. The number of ether oxygens (including phenoxy) is 1. The highest BCUT2D eigenvalue weighted by molar-refractivity contribution is 5.84. The molecule has 0 aromatic carbocycles. The van der Waals surface area contributed by atoms with Crippen molar-refractivity contribution >= 4 is 11.9 Å². The summed E-state index contributed by atoms with van der Waals surface area (Å²) < 4.78 is 5.51. The average Bonchev–Trinajstić information content (AvgIpc) is 3.08. The molecule has 1 saturated carbocycles. The number of hydroxylamine groups is 2. The summed E-state index contributed by atoms with van der Waals surface area (Å²) >= 11 is 0. The lowest BCUT2D eigenvalue weighted by molar-refractivity contribution is -0.306. The molecule has 1 aliphatic carbocycles. The Bertz CT molecular complexity index is 867. The van der Waals surface area contributed by atoms with E-state index in [9.17, 15) is 14.8 Å². The van der Waals surface area contributed by atoms with Crippen molar-refractivity contribution < 1.29 is 19.6 Å². The van der Waals surface area contributed by atoms with Gasteiger partial charge in [0.25, 0.3) is 5.56 Å². The molecule has 1 aromatic heterocycles. The number of hydrogen-bond donors (Lipinski definition) is 2. The predicted octanol–water partition coefficient (Wildman–Crippen LogP) is 4.82. The average molecular weight is 448 g/mol. The fraction of sp³-hybridized carbons (Fsp3) is 0.708. The van der Waals surface area contributed by atoms with E-state index in [4.69, 9.17) is 9.57 Å². The van der Waals surface area contributed by atoms with Crippen molar-refractivity contribution in [2.45, 2.75) is 97.2 Å². The predicted molar refractivity (Wildman–Crippen MR) is 121 cm³/mol. The lowest BCUT2D eigenvalue weighted by atomic mass is 9.84. The number of hydrogen-bond acceptors (Lipinski definition) is 7. The van der Waals surface area contributed by atoms with Crippen LogP contribution in [-0.2, 0) is 14.4 Å². The number of nitrogens with one attached hydrogen (secondary N) is 1. The zero-order valence-electron chi connectivity index (χ0n) is 19.7. The van der Waals surface area contributed by atoms with Crippen LogP contribution in [0.2, 0.25) is 0 Å². The van der Waals surface area contributed by atoms with Crippen LogP contribution in [0.1, 0.15) is 96.0 Å². The Morgan fingerprint density at radius 1 is 1.31 bits per heavy atom. The summed E-state index contributed by atoms with van der Waals surface area (Å²) in [5.74, 6) is 0.364. The normalized spacial score (nSPS) is 21.2. The van der Waals surface area contributed by atoms with Gasteiger partial charge in [0.15, 0.2) is 6.17 Å². The number of aromatic amines is 1. The number of pyridine rings is 1. The van der Waals surface area contributed by atoms with Gasteiger partial charge < -0.3 is 14.6 Å². The first-order chi connectivity index (χ1) is 15.1. The van der Waals surface area contributed by atoms with E-state index >= 15 is 0 Å². The van der Waals surface area contributed by atoms with E-state index in [-0.39, 0.29) is 35.3 Å². The van der Waals surface area contributed by atoms with Crippen LogP contribution in [0.25, 0.3) is 0 Å². The summed E-state index contributed by atoms with van der Waals surface area (Å²) in [5.41, 5.74) is 0.0925. The van der Waals surface area contributed by atoms with Gasteiger partial charge in [0.1, 0.15) is 5.60 Å². The molecular formula is C24H37N3O5. The first kappa shape index (κ1) is 24.5. The van der Waals surface area contributed by atoms with Crippen molar-refractivity contribution in [3.63, 3.8) is 0 Å². The van der Waals surface area contributed by atoms with Crippen LogP contribution in [0.5, 0.6) is 0 Å². The second-order valence-corrected chi connectivity index (χ2v) is 10.1. The molecule has 1 aliphatic heterocycles. The Morgan fingerprint density at radius 3 is 2.69 bits per heavy atom. The largest absolute Gasteiger partial charge is 0.460 e. The molecule has 1 fully saturated rings. The smallest absolute Gasteiger partial charge is 0.307 e. The third-order valence-electron chi connectivity index (χ3n) is 6.08. The molecule has 8 heteroatoms. The molecule has 2 atom stereocenters. The summed E-state index contributed by atoms with van der Waals surface area (Å²) in [6.07, 6.45) is 8.40. The summed E-state index contributed by atoms with van der Waals surface area (Å²) in [6, 6.07) is 3.38. The van der Waals surface area contributed by atoms with Gasteiger partial charge in [-0.25, -0.2) is 4.99 Å². The Balaban J connectivity index is 1.73. The fourth-order valence-electron chi connectivity index (χ4n) is 4.52. The molecule has 8 nitrogen and oxygen atoms in total. The summed E-state index contributed by atoms with van der Waals surface area (Å²) in [4.78, 5) is 37.6. The number of carbonyl (C=O) groups excluding carboxylic acids is 1. The molecule has 0 amide bonds. The zero-order chi connectivity index (χ0) is 23.3. The lowest BCUT2D eigenvalue weighted by Crippen LogP contribution is -2.29. The molecule has 178 valence electrons. The van der Waals surface area contributed by atoms with E-state index in [2.05, 4.69) is 9.98 Å². The van der Waals surface area contributed by atoms with E-state index in [0.29, 0.717) is 11.6 Å². The van der Waals surface area contributed by atoms with E-state index in [1.54, 1.807) is 19.1 Å². The molecule has 3 rings (SSSR count). The van der Waals surface area contributed by atoms with Crippen LogP contribution in [0.4, 0.5) is 0 Å². The highest BCUT2D eigenvalue weighted by Crippen LogP contribution is 2.32. The highest BCUT2D eigenvalue weighted by atomic mass is 16.9. The molecular weight excluding hydrogens is 410 g/mol. The SMILES string of the molecule is Cc1ccc(C2N=C([C@H](CCCC3CCCCC3)CC(=O)OC(C)(C)C)ON2O)c(=O)[nH]1. The maximum atomic E-state index is 12.6. The van der Waals surface area contributed by atoms with Gasteiger partial charge in [-0.2, -0.15) is 0 Å². The topological polar surface area (TPSA) is 104 Å². The van der Waals surface area contributed by atoms with Crippen LogP contribution < -0.4 is 5.56 Å².